The first-order chi connectivity index (χ1) is 15.6. The number of aliphatic hydroxyl groups excluding tert-OH is 1. The lowest BCUT2D eigenvalue weighted by atomic mass is 9.44. The predicted octanol–water partition coefficient (Wildman–Crippen LogP) is 6.54. The molecule has 33 heavy (non-hydrogen) atoms. The van der Waals surface area contributed by atoms with Gasteiger partial charge in [-0.2, -0.15) is 0 Å². The van der Waals surface area contributed by atoms with E-state index < -0.39 is 23.7 Å². The van der Waals surface area contributed by atoms with Crippen LogP contribution in [0.15, 0.2) is 4.99 Å². The van der Waals surface area contributed by atoms with Crippen LogP contribution < -0.4 is 0 Å². The van der Waals surface area contributed by atoms with Gasteiger partial charge in [-0.25, -0.2) is 4.79 Å². The van der Waals surface area contributed by atoms with Crippen LogP contribution in [0.1, 0.15) is 130 Å². The SMILES string of the molecule is CCCCCCCCCCCCCCCC(O)C(N=C1C[C@H]2C[C@@H](C2(C)C)[C@@]1(C)O)C(=O)O. The number of fused-ring (bicyclic) bond motifs is 2. The van der Waals surface area contributed by atoms with Crippen LogP contribution in [0.2, 0.25) is 0 Å². The van der Waals surface area contributed by atoms with Gasteiger partial charge in [0, 0.05) is 5.71 Å². The first-order valence-electron chi connectivity index (χ1n) is 13.8. The summed E-state index contributed by atoms with van der Waals surface area (Å²) in [7, 11) is 0. The molecular formula is C28H51NO4. The van der Waals surface area contributed by atoms with Gasteiger partial charge in [0.2, 0.25) is 0 Å². The van der Waals surface area contributed by atoms with E-state index in [1.807, 2.05) is 0 Å². The number of nitrogens with zero attached hydrogens (tertiary/aromatic N) is 1. The van der Waals surface area contributed by atoms with Gasteiger partial charge in [-0.1, -0.05) is 104 Å². The molecule has 3 aliphatic carbocycles. The minimum atomic E-state index is -1.18. The van der Waals surface area contributed by atoms with Crippen LogP contribution in [0.4, 0.5) is 0 Å². The predicted molar refractivity (Wildman–Crippen MR) is 136 cm³/mol. The fourth-order valence-corrected chi connectivity index (χ4v) is 6.14. The summed E-state index contributed by atoms with van der Waals surface area (Å²) in [6, 6.07) is -1.18. The molecule has 0 aromatic carbocycles. The molecule has 0 aromatic rings. The molecule has 0 radical (unpaired) electrons. The highest BCUT2D eigenvalue weighted by Gasteiger charge is 2.61. The molecule has 0 heterocycles. The van der Waals surface area contributed by atoms with E-state index in [9.17, 15) is 20.1 Å². The fourth-order valence-electron chi connectivity index (χ4n) is 6.14. The maximum atomic E-state index is 11.8. The van der Waals surface area contributed by atoms with Crippen molar-refractivity contribution in [3.8, 4) is 0 Å². The van der Waals surface area contributed by atoms with Crippen molar-refractivity contribution in [1.29, 1.82) is 0 Å². The average Bonchev–Trinajstić information content (AvgIpc) is 2.74. The van der Waals surface area contributed by atoms with Crippen molar-refractivity contribution in [1.82, 2.24) is 0 Å². The Morgan fingerprint density at radius 2 is 1.42 bits per heavy atom. The lowest BCUT2D eigenvalue weighted by Gasteiger charge is -2.62. The lowest BCUT2D eigenvalue weighted by Crippen LogP contribution is -2.65. The molecule has 2 unspecified atom stereocenters. The van der Waals surface area contributed by atoms with Gasteiger partial charge in [-0.05, 0) is 43.4 Å². The van der Waals surface area contributed by atoms with Crippen LogP contribution in [0.25, 0.3) is 0 Å². The molecule has 3 saturated carbocycles. The molecular weight excluding hydrogens is 414 g/mol. The third-order valence-electron chi connectivity index (χ3n) is 8.69. The summed E-state index contributed by atoms with van der Waals surface area (Å²) in [5.74, 6) is -0.553. The van der Waals surface area contributed by atoms with E-state index >= 15 is 0 Å². The number of aliphatic hydroxyl groups is 2. The Bertz CT molecular complexity index is 627. The van der Waals surface area contributed by atoms with Gasteiger partial charge < -0.3 is 15.3 Å². The summed E-state index contributed by atoms with van der Waals surface area (Å²) in [6.45, 7) is 8.38. The normalized spacial score (nSPS) is 29.0. The summed E-state index contributed by atoms with van der Waals surface area (Å²) in [5, 5.41) is 31.3. The zero-order valence-corrected chi connectivity index (χ0v) is 21.8. The molecule has 5 nitrogen and oxygen atoms in total. The second-order valence-corrected chi connectivity index (χ2v) is 11.6. The highest BCUT2D eigenvalue weighted by atomic mass is 16.4. The van der Waals surface area contributed by atoms with Crippen molar-refractivity contribution in [2.45, 2.75) is 148 Å². The van der Waals surface area contributed by atoms with Crippen molar-refractivity contribution in [2.75, 3.05) is 0 Å². The Balaban J connectivity index is 1.64. The van der Waals surface area contributed by atoms with Gasteiger partial charge in [-0.15, -0.1) is 0 Å². The monoisotopic (exact) mass is 465 g/mol. The van der Waals surface area contributed by atoms with E-state index in [0.29, 0.717) is 24.5 Å². The van der Waals surface area contributed by atoms with E-state index in [4.69, 9.17) is 0 Å². The number of carboxylic acid groups (broad SMARTS) is 1. The molecule has 0 amide bonds. The highest BCUT2D eigenvalue weighted by Crippen LogP contribution is 2.61. The molecule has 0 aromatic heterocycles. The van der Waals surface area contributed by atoms with Crippen LogP contribution in [0.3, 0.4) is 0 Å². The van der Waals surface area contributed by atoms with Gasteiger partial charge >= 0.3 is 5.97 Å². The van der Waals surface area contributed by atoms with Crippen LogP contribution in [-0.4, -0.2) is 44.7 Å². The molecule has 2 bridgehead atoms. The number of carbonyl (C=O) groups is 1. The van der Waals surface area contributed by atoms with E-state index in [1.165, 1.54) is 64.2 Å². The molecule has 0 spiro atoms. The number of unbranched alkanes of at least 4 members (excludes halogenated alkanes) is 12. The number of hydrogen-bond acceptors (Lipinski definition) is 4. The third-order valence-corrected chi connectivity index (χ3v) is 8.69. The van der Waals surface area contributed by atoms with Gasteiger partial charge in [-0.3, -0.25) is 4.99 Å². The molecule has 3 rings (SSSR count). The van der Waals surface area contributed by atoms with Gasteiger partial charge in [0.15, 0.2) is 6.04 Å². The van der Waals surface area contributed by atoms with Crippen molar-refractivity contribution in [3.05, 3.63) is 0 Å². The largest absolute Gasteiger partial charge is 0.480 e. The highest BCUT2D eigenvalue weighted by molar-refractivity contribution is 5.96. The molecule has 192 valence electrons. The molecule has 5 heteroatoms. The van der Waals surface area contributed by atoms with Crippen LogP contribution in [0, 0.1) is 17.3 Å². The average molecular weight is 466 g/mol. The smallest absolute Gasteiger partial charge is 0.331 e. The summed E-state index contributed by atoms with van der Waals surface area (Å²) in [4.78, 5) is 16.3. The summed E-state index contributed by atoms with van der Waals surface area (Å²) in [5.41, 5.74) is -0.449. The zero-order valence-electron chi connectivity index (χ0n) is 21.8. The first kappa shape index (κ1) is 28.3. The number of carboxylic acids is 1. The number of hydrogen-bond donors (Lipinski definition) is 3. The third kappa shape index (κ3) is 7.78. The first-order valence-corrected chi connectivity index (χ1v) is 13.8. The quantitative estimate of drug-likeness (QED) is 0.213. The van der Waals surface area contributed by atoms with E-state index in [1.54, 1.807) is 6.92 Å². The Morgan fingerprint density at radius 3 is 1.85 bits per heavy atom. The molecule has 3 aliphatic rings. The topological polar surface area (TPSA) is 90.1 Å². The van der Waals surface area contributed by atoms with Crippen molar-refractivity contribution >= 4 is 11.7 Å². The fraction of sp³-hybridized carbons (Fsp3) is 0.929. The van der Waals surface area contributed by atoms with Crippen LogP contribution in [-0.2, 0) is 4.79 Å². The minimum Gasteiger partial charge on any atom is -0.480 e. The van der Waals surface area contributed by atoms with Crippen molar-refractivity contribution in [3.63, 3.8) is 0 Å². The second kappa shape index (κ2) is 13.2. The number of aliphatic imine (C=N–C) groups is 1. The minimum absolute atomic E-state index is 0.0640. The Hall–Kier alpha value is -0.940. The Labute approximate surface area is 202 Å². The molecule has 3 N–H and O–H groups in total. The molecule has 3 fully saturated rings. The lowest BCUT2D eigenvalue weighted by molar-refractivity contribution is -0.142. The number of rotatable bonds is 17. The van der Waals surface area contributed by atoms with Crippen molar-refractivity contribution in [2.24, 2.45) is 22.2 Å². The number of aliphatic carboxylic acids is 1. The molecule has 0 saturated heterocycles. The summed E-state index contributed by atoms with van der Waals surface area (Å²) >= 11 is 0. The maximum absolute atomic E-state index is 11.8. The van der Waals surface area contributed by atoms with Gasteiger partial charge in [0.05, 0.1) is 6.10 Å². The summed E-state index contributed by atoms with van der Waals surface area (Å²) in [6.07, 6.45) is 17.4. The Morgan fingerprint density at radius 1 is 0.939 bits per heavy atom. The second-order valence-electron chi connectivity index (χ2n) is 11.6. The Kier molecular flexibility index (Phi) is 11.3. The standard InChI is InChI=1S/C28H51NO4/c1-5-6-7-8-9-10-11-12-13-14-15-16-17-18-22(30)25(26(31)32)29-24-20-21-19-23(27(21,2)3)28(24,4)33/h21-23,25,30,33H,5-20H2,1-4H3,(H,31,32)/t21-,22?,23+,25?,28-/m1/s1. The van der Waals surface area contributed by atoms with E-state index in [2.05, 4.69) is 25.8 Å². The van der Waals surface area contributed by atoms with E-state index in [-0.39, 0.29) is 11.3 Å². The summed E-state index contributed by atoms with van der Waals surface area (Å²) < 4.78 is 0. The van der Waals surface area contributed by atoms with Crippen molar-refractivity contribution < 1.29 is 20.1 Å². The van der Waals surface area contributed by atoms with Crippen LogP contribution in [0.5, 0.6) is 0 Å². The maximum Gasteiger partial charge on any atom is 0.331 e. The van der Waals surface area contributed by atoms with Gasteiger partial charge in [0.25, 0.3) is 0 Å². The molecule has 0 aliphatic heterocycles. The van der Waals surface area contributed by atoms with Crippen LogP contribution >= 0.6 is 0 Å². The zero-order chi connectivity index (χ0) is 24.5. The molecule has 5 atom stereocenters. The van der Waals surface area contributed by atoms with E-state index in [0.717, 1.165) is 25.7 Å². The van der Waals surface area contributed by atoms with Gasteiger partial charge in [0.1, 0.15) is 5.60 Å².